The van der Waals surface area contributed by atoms with Crippen LogP contribution in [-0.2, 0) is 11.2 Å². The van der Waals surface area contributed by atoms with Gasteiger partial charge in [-0.3, -0.25) is 4.79 Å². The van der Waals surface area contributed by atoms with Crippen molar-refractivity contribution in [2.24, 2.45) is 0 Å². The zero-order valence-electron chi connectivity index (χ0n) is 16.4. The van der Waals surface area contributed by atoms with E-state index in [0.29, 0.717) is 18.2 Å². The third-order valence-corrected chi connectivity index (χ3v) is 7.22. The van der Waals surface area contributed by atoms with Crippen LogP contribution in [0.25, 0.3) is 21.1 Å². The molecule has 5 rings (SSSR count). The summed E-state index contributed by atoms with van der Waals surface area (Å²) in [6.45, 7) is 1.71. The molecule has 0 atom stereocenters. The molecule has 0 unspecified atom stereocenters. The first kappa shape index (κ1) is 18.4. The third-order valence-electron chi connectivity index (χ3n) is 6.02. The van der Waals surface area contributed by atoms with Gasteiger partial charge in [0.05, 0.1) is 15.2 Å². The zero-order chi connectivity index (χ0) is 19.6. The number of aromatic nitrogens is 2. The maximum Gasteiger partial charge on any atom is 0.222 e. The van der Waals surface area contributed by atoms with Crippen molar-refractivity contribution in [3.05, 3.63) is 65.3 Å². The number of nitrogens with one attached hydrogen (secondary N) is 1. The van der Waals surface area contributed by atoms with Gasteiger partial charge in [-0.1, -0.05) is 30.3 Å². The van der Waals surface area contributed by atoms with Crippen LogP contribution >= 0.6 is 11.3 Å². The Bertz CT molecular complexity index is 1100. The Labute approximate surface area is 174 Å². The largest absolute Gasteiger partial charge is 0.361 e. The molecule has 2 aromatic heterocycles. The van der Waals surface area contributed by atoms with E-state index >= 15 is 0 Å². The van der Waals surface area contributed by atoms with Crippen molar-refractivity contribution >= 4 is 38.4 Å². The highest BCUT2D eigenvalue weighted by Gasteiger charge is 2.25. The summed E-state index contributed by atoms with van der Waals surface area (Å²) in [5.74, 6) is 0.787. The summed E-state index contributed by atoms with van der Waals surface area (Å²) in [6.07, 6.45) is 6.60. The Morgan fingerprint density at radius 2 is 1.90 bits per heavy atom. The summed E-state index contributed by atoms with van der Waals surface area (Å²) in [6, 6.07) is 16.7. The average Bonchev–Trinajstić information content (AvgIpc) is 3.38. The van der Waals surface area contributed by atoms with Gasteiger partial charge >= 0.3 is 0 Å². The number of carbonyl (C=O) groups excluding carboxylic acids is 1. The van der Waals surface area contributed by atoms with Crippen LogP contribution in [0.5, 0.6) is 0 Å². The highest BCUT2D eigenvalue weighted by atomic mass is 32.1. The number of para-hydroxylation sites is 2. The van der Waals surface area contributed by atoms with Gasteiger partial charge in [-0.05, 0) is 49.4 Å². The molecule has 4 nitrogen and oxygen atoms in total. The summed E-state index contributed by atoms with van der Waals surface area (Å²) >= 11 is 1.81. The molecule has 1 aliphatic heterocycles. The fourth-order valence-corrected chi connectivity index (χ4v) is 5.50. The summed E-state index contributed by atoms with van der Waals surface area (Å²) in [7, 11) is 0. The standard InChI is InChI=1S/C24H25N3OS/c28-23(11-5-6-18-16-25-20-8-2-1-7-19(18)20)27-14-12-17(13-15-27)24-26-21-9-3-4-10-22(21)29-24/h1-4,7-10,16-17,25H,5-6,11-15H2. The summed E-state index contributed by atoms with van der Waals surface area (Å²) in [4.78, 5) is 22.9. The quantitative estimate of drug-likeness (QED) is 0.478. The Balaban J connectivity index is 1.13. The summed E-state index contributed by atoms with van der Waals surface area (Å²) in [5, 5.41) is 2.51. The number of aryl methyl sites for hydroxylation is 1. The first-order valence-electron chi connectivity index (χ1n) is 10.5. The van der Waals surface area contributed by atoms with Crippen LogP contribution in [0.4, 0.5) is 0 Å². The van der Waals surface area contributed by atoms with E-state index in [1.165, 1.54) is 26.2 Å². The second-order valence-corrected chi connectivity index (χ2v) is 8.95. The lowest BCUT2D eigenvalue weighted by Gasteiger charge is -2.31. The first-order valence-corrected chi connectivity index (χ1v) is 11.3. The molecule has 5 heteroatoms. The Morgan fingerprint density at radius 3 is 2.76 bits per heavy atom. The Kier molecular flexibility index (Phi) is 5.06. The fourth-order valence-electron chi connectivity index (χ4n) is 4.37. The smallest absolute Gasteiger partial charge is 0.222 e. The third kappa shape index (κ3) is 3.79. The zero-order valence-corrected chi connectivity index (χ0v) is 17.3. The maximum atomic E-state index is 12.7. The number of benzene rings is 2. The number of fused-ring (bicyclic) bond motifs is 2. The van der Waals surface area contributed by atoms with Gasteiger partial charge < -0.3 is 9.88 Å². The normalized spacial score (nSPS) is 15.4. The van der Waals surface area contributed by atoms with Gasteiger partial charge in [-0.25, -0.2) is 4.98 Å². The molecule has 3 heterocycles. The van der Waals surface area contributed by atoms with Crippen LogP contribution in [0.1, 0.15) is 42.2 Å². The molecular formula is C24H25N3OS. The van der Waals surface area contributed by atoms with Gasteiger partial charge in [-0.2, -0.15) is 0 Å². The maximum absolute atomic E-state index is 12.7. The number of rotatable bonds is 5. The van der Waals surface area contributed by atoms with Crippen molar-refractivity contribution in [1.82, 2.24) is 14.9 Å². The molecule has 0 aliphatic carbocycles. The average molecular weight is 404 g/mol. The minimum atomic E-state index is 0.299. The van der Waals surface area contributed by atoms with Crippen LogP contribution in [0, 0.1) is 0 Å². The number of aromatic amines is 1. The van der Waals surface area contributed by atoms with Crippen molar-refractivity contribution in [3.63, 3.8) is 0 Å². The van der Waals surface area contributed by atoms with Crippen LogP contribution in [0.15, 0.2) is 54.7 Å². The second-order valence-electron chi connectivity index (χ2n) is 7.89. The van der Waals surface area contributed by atoms with Gasteiger partial charge in [0, 0.05) is 42.5 Å². The molecule has 1 saturated heterocycles. The SMILES string of the molecule is O=C(CCCc1c[nH]c2ccccc12)N1CCC(c2nc3ccccc3s2)CC1. The van der Waals surface area contributed by atoms with Gasteiger partial charge in [0.2, 0.25) is 5.91 Å². The van der Waals surface area contributed by atoms with Gasteiger partial charge in [-0.15, -0.1) is 11.3 Å². The van der Waals surface area contributed by atoms with Crippen molar-refractivity contribution < 1.29 is 4.79 Å². The topological polar surface area (TPSA) is 49.0 Å². The number of piperidine rings is 1. The number of likely N-dealkylation sites (tertiary alicyclic amines) is 1. The molecule has 2 aromatic carbocycles. The van der Waals surface area contributed by atoms with E-state index in [0.717, 1.165) is 44.3 Å². The van der Waals surface area contributed by atoms with E-state index < -0.39 is 0 Å². The van der Waals surface area contributed by atoms with E-state index in [9.17, 15) is 4.79 Å². The molecule has 1 fully saturated rings. The number of hydrogen-bond donors (Lipinski definition) is 1. The minimum absolute atomic E-state index is 0.299. The van der Waals surface area contributed by atoms with E-state index in [4.69, 9.17) is 4.98 Å². The Hall–Kier alpha value is -2.66. The second kappa shape index (κ2) is 7.99. The van der Waals surface area contributed by atoms with E-state index in [-0.39, 0.29) is 0 Å². The van der Waals surface area contributed by atoms with E-state index in [1.807, 2.05) is 23.5 Å². The van der Waals surface area contributed by atoms with Crippen LogP contribution in [-0.4, -0.2) is 33.9 Å². The van der Waals surface area contributed by atoms with E-state index in [2.05, 4.69) is 52.5 Å². The molecule has 0 radical (unpaired) electrons. The molecule has 29 heavy (non-hydrogen) atoms. The van der Waals surface area contributed by atoms with Crippen LogP contribution < -0.4 is 0 Å². The van der Waals surface area contributed by atoms with Crippen molar-refractivity contribution in [3.8, 4) is 0 Å². The highest BCUT2D eigenvalue weighted by Crippen LogP contribution is 2.34. The van der Waals surface area contributed by atoms with Crippen LogP contribution in [0.2, 0.25) is 0 Å². The van der Waals surface area contributed by atoms with Crippen molar-refractivity contribution in [1.29, 1.82) is 0 Å². The predicted octanol–water partition coefficient (Wildman–Crippen LogP) is 5.51. The Morgan fingerprint density at radius 1 is 1.10 bits per heavy atom. The number of amides is 1. The van der Waals surface area contributed by atoms with Gasteiger partial charge in [0.15, 0.2) is 0 Å². The first-order chi connectivity index (χ1) is 14.3. The lowest BCUT2D eigenvalue weighted by molar-refractivity contribution is -0.132. The number of H-pyrrole nitrogens is 1. The predicted molar refractivity (Wildman–Crippen MR) is 119 cm³/mol. The number of carbonyl (C=O) groups is 1. The lowest BCUT2D eigenvalue weighted by Crippen LogP contribution is -2.37. The van der Waals surface area contributed by atoms with Crippen molar-refractivity contribution in [2.75, 3.05) is 13.1 Å². The van der Waals surface area contributed by atoms with E-state index in [1.54, 1.807) is 0 Å². The molecule has 1 amide bonds. The molecule has 148 valence electrons. The molecule has 1 aliphatic rings. The molecule has 4 aromatic rings. The molecule has 0 bridgehead atoms. The summed E-state index contributed by atoms with van der Waals surface area (Å²) in [5.41, 5.74) is 3.58. The molecule has 0 spiro atoms. The monoisotopic (exact) mass is 403 g/mol. The number of thiazole rings is 1. The molecular weight excluding hydrogens is 378 g/mol. The minimum Gasteiger partial charge on any atom is -0.361 e. The van der Waals surface area contributed by atoms with Crippen molar-refractivity contribution in [2.45, 2.75) is 38.0 Å². The number of nitrogens with zero attached hydrogens (tertiary/aromatic N) is 2. The van der Waals surface area contributed by atoms with Gasteiger partial charge in [0.1, 0.15) is 0 Å². The molecule has 0 saturated carbocycles. The fraction of sp³-hybridized carbons (Fsp3) is 0.333. The van der Waals surface area contributed by atoms with Gasteiger partial charge in [0.25, 0.3) is 0 Å². The molecule has 1 N–H and O–H groups in total. The van der Waals surface area contributed by atoms with Crippen LogP contribution in [0.3, 0.4) is 0 Å². The lowest BCUT2D eigenvalue weighted by atomic mass is 9.97. The summed E-state index contributed by atoms with van der Waals surface area (Å²) < 4.78 is 1.26. The highest BCUT2D eigenvalue weighted by molar-refractivity contribution is 7.18. The number of hydrogen-bond acceptors (Lipinski definition) is 3.